The molecule has 0 bridgehead atoms. The Labute approximate surface area is 168 Å². The van der Waals surface area contributed by atoms with Crippen molar-refractivity contribution in [1.29, 1.82) is 0 Å². The molecule has 0 radical (unpaired) electrons. The Morgan fingerprint density at radius 1 is 0.893 bits per heavy atom. The Balaban J connectivity index is 1.43. The molecule has 0 aromatic heterocycles. The molecular formula is C26H32F2. The number of hydrogen-bond donors (Lipinski definition) is 0. The molecular weight excluding hydrogens is 350 g/mol. The monoisotopic (exact) mass is 382 g/mol. The van der Waals surface area contributed by atoms with Gasteiger partial charge < -0.3 is 0 Å². The molecule has 150 valence electrons. The van der Waals surface area contributed by atoms with E-state index in [9.17, 15) is 8.78 Å². The van der Waals surface area contributed by atoms with Gasteiger partial charge >= 0.3 is 0 Å². The van der Waals surface area contributed by atoms with Gasteiger partial charge in [-0.25, -0.2) is 8.78 Å². The van der Waals surface area contributed by atoms with Gasteiger partial charge in [0.1, 0.15) is 11.6 Å². The summed E-state index contributed by atoms with van der Waals surface area (Å²) in [6, 6.07) is 11.8. The van der Waals surface area contributed by atoms with Crippen molar-refractivity contribution < 1.29 is 8.78 Å². The minimum absolute atomic E-state index is 0.228. The van der Waals surface area contributed by atoms with Crippen molar-refractivity contribution in [1.82, 2.24) is 0 Å². The quantitative estimate of drug-likeness (QED) is 0.490. The lowest BCUT2D eigenvalue weighted by Gasteiger charge is -2.42. The number of unbranched alkanes of at least 4 members (excludes halogenated alkanes) is 1. The van der Waals surface area contributed by atoms with Crippen LogP contribution >= 0.6 is 0 Å². The lowest BCUT2D eigenvalue weighted by atomic mass is 9.63. The zero-order valence-corrected chi connectivity index (χ0v) is 17.0. The zero-order valence-electron chi connectivity index (χ0n) is 17.0. The van der Waals surface area contributed by atoms with Crippen LogP contribution in [0, 0.1) is 29.4 Å². The molecule has 2 aromatic rings. The maximum Gasteiger partial charge on any atom is 0.131 e. The topological polar surface area (TPSA) is 0 Å². The smallest absolute Gasteiger partial charge is 0.131 e. The van der Waals surface area contributed by atoms with E-state index in [1.54, 1.807) is 18.2 Å². The summed E-state index contributed by atoms with van der Waals surface area (Å²) in [7, 11) is 0. The largest absolute Gasteiger partial charge is 0.207 e. The highest BCUT2D eigenvalue weighted by Crippen LogP contribution is 2.48. The van der Waals surface area contributed by atoms with Gasteiger partial charge in [0.2, 0.25) is 0 Å². The van der Waals surface area contributed by atoms with E-state index in [1.165, 1.54) is 69.9 Å². The number of halogens is 2. The van der Waals surface area contributed by atoms with Crippen LogP contribution in [0.2, 0.25) is 0 Å². The lowest BCUT2D eigenvalue weighted by Crippen LogP contribution is -2.30. The second-order valence-electron chi connectivity index (χ2n) is 9.10. The molecule has 0 N–H and O–H groups in total. The summed E-state index contributed by atoms with van der Waals surface area (Å²) in [5.74, 6) is 2.58. The Kier molecular flexibility index (Phi) is 6.13. The predicted octanol–water partition coefficient (Wildman–Crippen LogP) is 8.12. The minimum atomic E-state index is -0.325. The number of rotatable bonds is 5. The van der Waals surface area contributed by atoms with Gasteiger partial charge in [-0.05, 0) is 85.1 Å². The van der Waals surface area contributed by atoms with Crippen LogP contribution in [0.1, 0.15) is 76.2 Å². The molecule has 4 atom stereocenters. The Hall–Kier alpha value is -1.70. The van der Waals surface area contributed by atoms with Gasteiger partial charge in [-0.15, -0.1) is 0 Å². The van der Waals surface area contributed by atoms with E-state index < -0.39 is 0 Å². The van der Waals surface area contributed by atoms with Gasteiger partial charge in [0, 0.05) is 5.56 Å². The summed E-state index contributed by atoms with van der Waals surface area (Å²) in [5.41, 5.74) is 2.23. The van der Waals surface area contributed by atoms with Crippen molar-refractivity contribution >= 4 is 0 Å². The van der Waals surface area contributed by atoms with Gasteiger partial charge in [0.25, 0.3) is 0 Å². The van der Waals surface area contributed by atoms with Crippen molar-refractivity contribution in [2.24, 2.45) is 17.8 Å². The fourth-order valence-electron chi connectivity index (χ4n) is 5.72. The van der Waals surface area contributed by atoms with Gasteiger partial charge in [0.05, 0.1) is 0 Å². The average molecular weight is 383 g/mol. The first-order valence-electron chi connectivity index (χ1n) is 11.2. The Morgan fingerprint density at radius 3 is 2.50 bits per heavy atom. The van der Waals surface area contributed by atoms with Gasteiger partial charge in [-0.1, -0.05) is 56.9 Å². The van der Waals surface area contributed by atoms with Crippen LogP contribution < -0.4 is 0 Å². The SMILES string of the molecule is CCCCC1CC[C@@H]2C[C@H](c3ccc(-c4cccc(F)c4)c(F)c3)CC[C@@H]2C1. The maximum absolute atomic E-state index is 14.8. The summed E-state index contributed by atoms with van der Waals surface area (Å²) in [5, 5.41) is 0. The van der Waals surface area contributed by atoms with Gasteiger partial charge in [-0.3, -0.25) is 0 Å². The third-order valence-electron chi connectivity index (χ3n) is 7.29. The van der Waals surface area contributed by atoms with E-state index in [2.05, 4.69) is 13.0 Å². The summed E-state index contributed by atoms with van der Waals surface area (Å²) in [6.45, 7) is 2.29. The third-order valence-corrected chi connectivity index (χ3v) is 7.29. The van der Waals surface area contributed by atoms with E-state index in [4.69, 9.17) is 0 Å². The number of hydrogen-bond acceptors (Lipinski definition) is 0. The number of fused-ring (bicyclic) bond motifs is 1. The normalized spacial score (nSPS) is 27.4. The second kappa shape index (κ2) is 8.76. The molecule has 2 saturated carbocycles. The second-order valence-corrected chi connectivity index (χ2v) is 9.10. The van der Waals surface area contributed by atoms with Crippen LogP contribution in [0.3, 0.4) is 0 Å². The predicted molar refractivity (Wildman–Crippen MR) is 112 cm³/mol. The minimum Gasteiger partial charge on any atom is -0.207 e. The highest BCUT2D eigenvalue weighted by atomic mass is 19.1. The van der Waals surface area contributed by atoms with Crippen LogP contribution in [-0.2, 0) is 0 Å². The molecule has 2 fully saturated rings. The van der Waals surface area contributed by atoms with Crippen LogP contribution in [0.4, 0.5) is 8.78 Å². The van der Waals surface area contributed by atoms with Crippen LogP contribution in [0.15, 0.2) is 42.5 Å². The van der Waals surface area contributed by atoms with Crippen molar-refractivity contribution in [2.45, 2.75) is 70.6 Å². The van der Waals surface area contributed by atoms with E-state index in [0.29, 0.717) is 17.0 Å². The third kappa shape index (κ3) is 4.31. The van der Waals surface area contributed by atoms with Gasteiger partial charge in [-0.2, -0.15) is 0 Å². The molecule has 28 heavy (non-hydrogen) atoms. The van der Waals surface area contributed by atoms with Crippen molar-refractivity contribution in [3.63, 3.8) is 0 Å². The first-order chi connectivity index (χ1) is 13.6. The van der Waals surface area contributed by atoms with Crippen molar-refractivity contribution in [3.05, 3.63) is 59.7 Å². The molecule has 0 aliphatic heterocycles. The highest BCUT2D eigenvalue weighted by molar-refractivity contribution is 5.64. The Morgan fingerprint density at radius 2 is 1.71 bits per heavy atom. The van der Waals surface area contributed by atoms with Crippen molar-refractivity contribution in [3.8, 4) is 11.1 Å². The van der Waals surface area contributed by atoms with E-state index in [0.717, 1.165) is 23.3 Å². The molecule has 0 spiro atoms. The summed E-state index contributed by atoms with van der Waals surface area (Å²) in [4.78, 5) is 0. The molecule has 0 heterocycles. The first-order valence-corrected chi connectivity index (χ1v) is 11.2. The van der Waals surface area contributed by atoms with Crippen molar-refractivity contribution in [2.75, 3.05) is 0 Å². The fourth-order valence-corrected chi connectivity index (χ4v) is 5.72. The van der Waals surface area contributed by atoms with E-state index in [-0.39, 0.29) is 11.6 Å². The first kappa shape index (κ1) is 19.6. The van der Waals surface area contributed by atoms with Crippen LogP contribution in [0.5, 0.6) is 0 Å². The van der Waals surface area contributed by atoms with Gasteiger partial charge in [0.15, 0.2) is 0 Å². The lowest BCUT2D eigenvalue weighted by molar-refractivity contribution is 0.113. The van der Waals surface area contributed by atoms with Crippen LogP contribution in [-0.4, -0.2) is 0 Å². The van der Waals surface area contributed by atoms with E-state index >= 15 is 0 Å². The molecule has 2 aliphatic carbocycles. The zero-order chi connectivity index (χ0) is 19.5. The van der Waals surface area contributed by atoms with E-state index in [1.807, 2.05) is 6.07 Å². The maximum atomic E-state index is 14.8. The average Bonchev–Trinajstić information content (AvgIpc) is 2.71. The number of benzene rings is 2. The molecule has 2 heteroatoms. The molecule has 1 unspecified atom stereocenters. The fraction of sp³-hybridized carbons (Fsp3) is 0.538. The van der Waals surface area contributed by atoms with Crippen LogP contribution in [0.25, 0.3) is 11.1 Å². The summed E-state index contributed by atoms with van der Waals surface area (Å²) >= 11 is 0. The molecule has 0 nitrogen and oxygen atoms in total. The standard InChI is InChI=1S/C26H32F2/c1-2-3-5-18-8-9-20-15-21(11-10-19(20)14-18)22-12-13-25(26(28)17-22)23-6-4-7-24(27)16-23/h4,6-7,12-13,16-21H,2-3,5,8-11,14-15H2,1H3/t18?,19-,20-,21-/m1/s1. The summed E-state index contributed by atoms with van der Waals surface area (Å²) < 4.78 is 28.3. The Bertz CT molecular complexity index is 797. The molecule has 0 amide bonds. The molecule has 4 rings (SSSR count). The molecule has 2 aliphatic rings. The molecule has 0 saturated heterocycles. The molecule has 2 aromatic carbocycles. The highest BCUT2D eigenvalue weighted by Gasteiger charge is 2.35. The summed E-state index contributed by atoms with van der Waals surface area (Å²) in [6.07, 6.45) is 12.0.